The molecule has 0 radical (unpaired) electrons. The lowest BCUT2D eigenvalue weighted by atomic mass is 10.0. The summed E-state index contributed by atoms with van der Waals surface area (Å²) >= 11 is 3.39. The maximum Gasteiger partial charge on any atom is 0.199 e. The number of hydrogen-bond donors (Lipinski definition) is 0. The van der Waals surface area contributed by atoms with Gasteiger partial charge in [-0.2, -0.15) is 11.8 Å². The largest absolute Gasteiger partial charge is 0.360 e. The van der Waals surface area contributed by atoms with Crippen molar-refractivity contribution in [2.24, 2.45) is 0 Å². The Hall–Kier alpha value is -1.20. The molecule has 0 atom stereocenters. The molecule has 1 saturated carbocycles. The van der Waals surface area contributed by atoms with Crippen molar-refractivity contribution in [3.8, 4) is 0 Å². The SMILES string of the molecule is CSCc1ccc(C(=O)c2cnoc2C2CC2)c(SC)c1. The first-order chi connectivity index (χ1) is 10.2. The predicted molar refractivity (Wildman–Crippen MR) is 87.4 cm³/mol. The van der Waals surface area contributed by atoms with Crippen LogP contribution in [0.25, 0.3) is 0 Å². The van der Waals surface area contributed by atoms with Gasteiger partial charge >= 0.3 is 0 Å². The third-order valence-corrected chi connectivity index (χ3v) is 5.01. The minimum absolute atomic E-state index is 0.0261. The minimum Gasteiger partial charge on any atom is -0.360 e. The van der Waals surface area contributed by atoms with E-state index in [-0.39, 0.29) is 5.78 Å². The molecular formula is C16H17NO2S2. The van der Waals surface area contributed by atoms with Crippen LogP contribution >= 0.6 is 23.5 Å². The summed E-state index contributed by atoms with van der Waals surface area (Å²) in [7, 11) is 0. The van der Waals surface area contributed by atoms with Crippen LogP contribution in [-0.2, 0) is 5.75 Å². The number of benzene rings is 1. The van der Waals surface area contributed by atoms with Crippen molar-refractivity contribution < 1.29 is 9.32 Å². The van der Waals surface area contributed by atoms with E-state index in [0.717, 1.165) is 34.8 Å². The quantitative estimate of drug-likeness (QED) is 0.584. The van der Waals surface area contributed by atoms with E-state index in [1.807, 2.05) is 18.4 Å². The van der Waals surface area contributed by atoms with Crippen molar-refractivity contribution in [1.29, 1.82) is 0 Å². The third kappa shape index (κ3) is 3.04. The molecule has 1 aliphatic carbocycles. The van der Waals surface area contributed by atoms with Crippen molar-refractivity contribution in [3.05, 3.63) is 46.8 Å². The van der Waals surface area contributed by atoms with Crippen LogP contribution in [0.3, 0.4) is 0 Å². The van der Waals surface area contributed by atoms with Gasteiger partial charge in [0.25, 0.3) is 0 Å². The van der Waals surface area contributed by atoms with E-state index in [1.165, 1.54) is 5.56 Å². The van der Waals surface area contributed by atoms with Gasteiger partial charge in [-0.1, -0.05) is 11.2 Å². The van der Waals surface area contributed by atoms with Crippen LogP contribution in [0, 0.1) is 0 Å². The molecule has 0 N–H and O–H groups in total. The molecule has 21 heavy (non-hydrogen) atoms. The molecule has 1 heterocycles. The van der Waals surface area contributed by atoms with E-state index in [0.29, 0.717) is 11.5 Å². The number of hydrogen-bond acceptors (Lipinski definition) is 5. The highest BCUT2D eigenvalue weighted by Gasteiger charge is 2.33. The number of thioether (sulfide) groups is 2. The molecule has 1 aliphatic rings. The van der Waals surface area contributed by atoms with Crippen molar-refractivity contribution >= 4 is 29.3 Å². The molecule has 0 spiro atoms. The van der Waals surface area contributed by atoms with Gasteiger partial charge in [-0.25, -0.2) is 0 Å². The van der Waals surface area contributed by atoms with Crippen molar-refractivity contribution in [3.63, 3.8) is 0 Å². The molecule has 2 aromatic rings. The Labute approximate surface area is 132 Å². The number of carbonyl (C=O) groups is 1. The van der Waals surface area contributed by atoms with E-state index in [2.05, 4.69) is 17.5 Å². The fraction of sp³-hybridized carbons (Fsp3) is 0.375. The summed E-state index contributed by atoms with van der Waals surface area (Å²) in [5, 5.41) is 3.83. The normalized spacial score (nSPS) is 14.4. The van der Waals surface area contributed by atoms with Crippen LogP contribution in [0.4, 0.5) is 0 Å². The molecule has 110 valence electrons. The fourth-order valence-corrected chi connectivity index (χ4v) is 3.55. The Morgan fingerprint density at radius 1 is 1.33 bits per heavy atom. The van der Waals surface area contributed by atoms with Crippen LogP contribution in [0.2, 0.25) is 0 Å². The Morgan fingerprint density at radius 3 is 2.81 bits per heavy atom. The first kappa shape index (κ1) is 14.7. The van der Waals surface area contributed by atoms with Gasteiger partial charge in [0.15, 0.2) is 11.5 Å². The third-order valence-electron chi connectivity index (χ3n) is 3.61. The molecule has 0 saturated heterocycles. The standard InChI is InChI=1S/C16H17NO2S2/c1-20-9-10-3-6-12(14(7-10)21-2)15(18)13-8-17-19-16(13)11-4-5-11/h3,6-8,11H,4-5,9H2,1-2H3. The Balaban J connectivity index is 1.95. The van der Waals surface area contributed by atoms with Gasteiger partial charge in [0.05, 0.1) is 11.8 Å². The average molecular weight is 319 g/mol. The summed E-state index contributed by atoms with van der Waals surface area (Å²) in [6.45, 7) is 0. The van der Waals surface area contributed by atoms with Crippen molar-refractivity contribution in [2.75, 3.05) is 12.5 Å². The summed E-state index contributed by atoms with van der Waals surface area (Å²) in [5.41, 5.74) is 2.62. The monoisotopic (exact) mass is 319 g/mol. The maximum atomic E-state index is 12.8. The van der Waals surface area contributed by atoms with Gasteiger partial charge in [-0.15, -0.1) is 11.8 Å². The number of ketones is 1. The molecule has 1 fully saturated rings. The Morgan fingerprint density at radius 2 is 2.14 bits per heavy atom. The zero-order valence-corrected chi connectivity index (χ0v) is 13.7. The van der Waals surface area contributed by atoms with Gasteiger partial charge in [0.1, 0.15) is 0 Å². The van der Waals surface area contributed by atoms with Crippen LogP contribution in [0.15, 0.2) is 33.8 Å². The highest BCUT2D eigenvalue weighted by molar-refractivity contribution is 7.98. The minimum atomic E-state index is 0.0261. The maximum absolute atomic E-state index is 12.8. The van der Waals surface area contributed by atoms with Crippen LogP contribution < -0.4 is 0 Å². The lowest BCUT2D eigenvalue weighted by molar-refractivity contribution is 0.103. The lowest BCUT2D eigenvalue weighted by Gasteiger charge is -2.08. The smallest absolute Gasteiger partial charge is 0.199 e. The molecule has 5 heteroatoms. The first-order valence-corrected chi connectivity index (χ1v) is 9.51. The second kappa shape index (κ2) is 6.28. The summed E-state index contributed by atoms with van der Waals surface area (Å²) in [4.78, 5) is 13.8. The molecule has 1 aromatic heterocycles. The second-order valence-corrected chi connectivity index (χ2v) is 6.89. The highest BCUT2D eigenvalue weighted by atomic mass is 32.2. The number of rotatable bonds is 6. The molecular weight excluding hydrogens is 302 g/mol. The summed E-state index contributed by atoms with van der Waals surface area (Å²) in [6.07, 6.45) is 7.84. The van der Waals surface area contributed by atoms with Crippen LogP contribution in [-0.4, -0.2) is 23.5 Å². The van der Waals surface area contributed by atoms with E-state index in [1.54, 1.807) is 29.7 Å². The Bertz CT molecular complexity index is 662. The second-order valence-electron chi connectivity index (χ2n) is 5.17. The molecule has 3 nitrogen and oxygen atoms in total. The molecule has 1 aromatic carbocycles. The van der Waals surface area contributed by atoms with E-state index in [4.69, 9.17) is 4.52 Å². The topological polar surface area (TPSA) is 43.1 Å². The van der Waals surface area contributed by atoms with Gasteiger partial charge in [-0.3, -0.25) is 4.79 Å². The number of aromatic nitrogens is 1. The van der Waals surface area contributed by atoms with Crippen LogP contribution in [0.5, 0.6) is 0 Å². The van der Waals surface area contributed by atoms with Gasteiger partial charge in [-0.05, 0) is 43.0 Å². The van der Waals surface area contributed by atoms with Crippen LogP contribution in [0.1, 0.15) is 46.0 Å². The zero-order chi connectivity index (χ0) is 14.8. The fourth-order valence-electron chi connectivity index (χ4n) is 2.38. The van der Waals surface area contributed by atoms with Crippen molar-refractivity contribution in [2.45, 2.75) is 29.4 Å². The van der Waals surface area contributed by atoms with Gasteiger partial charge < -0.3 is 4.52 Å². The molecule has 0 amide bonds. The van der Waals surface area contributed by atoms with Gasteiger partial charge in [0, 0.05) is 22.1 Å². The number of nitrogens with zero attached hydrogens (tertiary/aromatic N) is 1. The van der Waals surface area contributed by atoms with Gasteiger partial charge in [0.2, 0.25) is 0 Å². The average Bonchev–Trinajstić information content (AvgIpc) is 3.24. The molecule has 0 unspecified atom stereocenters. The predicted octanol–water partition coefficient (Wildman–Crippen LogP) is 4.37. The Kier molecular flexibility index (Phi) is 4.40. The number of carbonyl (C=O) groups excluding carboxylic acids is 1. The zero-order valence-electron chi connectivity index (χ0n) is 12.1. The summed E-state index contributed by atoms with van der Waals surface area (Å²) in [6, 6.07) is 6.08. The van der Waals surface area contributed by atoms with E-state index < -0.39 is 0 Å². The summed E-state index contributed by atoms with van der Waals surface area (Å²) in [5.74, 6) is 2.14. The van der Waals surface area contributed by atoms with E-state index >= 15 is 0 Å². The van der Waals surface area contributed by atoms with Crippen molar-refractivity contribution in [1.82, 2.24) is 5.16 Å². The summed E-state index contributed by atoms with van der Waals surface area (Å²) < 4.78 is 5.29. The lowest BCUT2D eigenvalue weighted by Crippen LogP contribution is -2.05. The molecule has 0 aliphatic heterocycles. The highest BCUT2D eigenvalue weighted by Crippen LogP contribution is 2.42. The molecule has 0 bridgehead atoms. The van der Waals surface area contributed by atoms with E-state index in [9.17, 15) is 4.79 Å². The molecule has 3 rings (SSSR count). The first-order valence-electron chi connectivity index (χ1n) is 6.89.